The Labute approximate surface area is 147 Å². The number of benzene rings is 1. The van der Waals surface area contributed by atoms with Gasteiger partial charge in [0.1, 0.15) is 5.60 Å². The summed E-state index contributed by atoms with van der Waals surface area (Å²) >= 11 is 0. The molecule has 1 unspecified atom stereocenters. The molecule has 0 radical (unpaired) electrons. The summed E-state index contributed by atoms with van der Waals surface area (Å²) in [6.45, 7) is 13.2. The largest absolute Gasteiger partial charge is 0.444 e. The Morgan fingerprint density at radius 3 is 2.42 bits per heavy atom. The molecule has 0 fully saturated rings. The molecular weight excluding hydrogens is 300 g/mol. The number of rotatable bonds is 9. The van der Waals surface area contributed by atoms with Crippen LogP contribution in [0.4, 0.5) is 4.79 Å². The lowest BCUT2D eigenvalue weighted by molar-refractivity contribution is 0.0252. The van der Waals surface area contributed by atoms with Crippen molar-refractivity contribution in [1.82, 2.24) is 10.2 Å². The third-order valence-corrected chi connectivity index (χ3v) is 3.83. The van der Waals surface area contributed by atoms with Gasteiger partial charge in [0.05, 0.1) is 0 Å². The van der Waals surface area contributed by atoms with Crippen molar-refractivity contribution in [2.45, 2.75) is 59.0 Å². The first-order valence-corrected chi connectivity index (χ1v) is 9.07. The lowest BCUT2D eigenvalue weighted by atomic mass is 9.98. The molecule has 1 rings (SSSR count). The smallest absolute Gasteiger partial charge is 0.410 e. The SMILES string of the molecule is CCCN(CCNCCC(C)c1ccccc1)C(=O)OC(C)(C)C. The van der Waals surface area contributed by atoms with Gasteiger partial charge in [0.15, 0.2) is 0 Å². The molecule has 1 amide bonds. The number of carbonyl (C=O) groups excluding carboxylic acids is 1. The van der Waals surface area contributed by atoms with Gasteiger partial charge in [-0.15, -0.1) is 0 Å². The van der Waals surface area contributed by atoms with Crippen LogP contribution in [0.5, 0.6) is 0 Å². The quantitative estimate of drug-likeness (QED) is 0.680. The molecule has 4 nitrogen and oxygen atoms in total. The van der Waals surface area contributed by atoms with Crippen molar-refractivity contribution < 1.29 is 9.53 Å². The molecule has 24 heavy (non-hydrogen) atoms. The topological polar surface area (TPSA) is 41.6 Å². The maximum atomic E-state index is 12.2. The van der Waals surface area contributed by atoms with Crippen LogP contribution in [-0.4, -0.2) is 42.8 Å². The summed E-state index contributed by atoms with van der Waals surface area (Å²) < 4.78 is 5.46. The maximum absolute atomic E-state index is 12.2. The van der Waals surface area contributed by atoms with Crippen molar-refractivity contribution in [3.63, 3.8) is 0 Å². The Bertz CT molecular complexity index is 468. The van der Waals surface area contributed by atoms with E-state index in [0.29, 0.717) is 12.5 Å². The minimum Gasteiger partial charge on any atom is -0.444 e. The van der Waals surface area contributed by atoms with Gasteiger partial charge in [-0.1, -0.05) is 44.2 Å². The van der Waals surface area contributed by atoms with Gasteiger partial charge < -0.3 is 15.0 Å². The molecule has 0 saturated carbocycles. The highest BCUT2D eigenvalue weighted by molar-refractivity contribution is 5.68. The van der Waals surface area contributed by atoms with E-state index >= 15 is 0 Å². The Morgan fingerprint density at radius 1 is 1.17 bits per heavy atom. The Morgan fingerprint density at radius 2 is 1.83 bits per heavy atom. The first kappa shape index (κ1) is 20.5. The highest BCUT2D eigenvalue weighted by atomic mass is 16.6. The first-order chi connectivity index (χ1) is 11.3. The van der Waals surface area contributed by atoms with Crippen LogP contribution in [0.15, 0.2) is 30.3 Å². The molecule has 0 bridgehead atoms. The van der Waals surface area contributed by atoms with Gasteiger partial charge in [-0.2, -0.15) is 0 Å². The fourth-order valence-electron chi connectivity index (χ4n) is 2.50. The zero-order valence-corrected chi connectivity index (χ0v) is 16.0. The summed E-state index contributed by atoms with van der Waals surface area (Å²) in [6, 6.07) is 10.6. The third-order valence-electron chi connectivity index (χ3n) is 3.83. The second kappa shape index (κ2) is 10.3. The van der Waals surface area contributed by atoms with Crippen LogP contribution in [0.2, 0.25) is 0 Å². The fourth-order valence-corrected chi connectivity index (χ4v) is 2.50. The van der Waals surface area contributed by atoms with E-state index in [1.807, 2.05) is 26.8 Å². The number of hydrogen-bond acceptors (Lipinski definition) is 3. The zero-order chi connectivity index (χ0) is 18.0. The Balaban J connectivity index is 2.29. The van der Waals surface area contributed by atoms with Crippen molar-refractivity contribution in [2.24, 2.45) is 0 Å². The molecular formula is C20H34N2O2. The molecule has 0 heterocycles. The molecule has 0 aliphatic heterocycles. The summed E-state index contributed by atoms with van der Waals surface area (Å²) in [7, 11) is 0. The molecule has 1 aromatic carbocycles. The summed E-state index contributed by atoms with van der Waals surface area (Å²) in [5.41, 5.74) is 0.933. The van der Waals surface area contributed by atoms with Crippen LogP contribution < -0.4 is 5.32 Å². The standard InChI is InChI=1S/C20H34N2O2/c1-6-15-22(19(23)24-20(3,4)5)16-14-21-13-12-17(2)18-10-8-7-9-11-18/h7-11,17,21H,6,12-16H2,1-5H3. The molecule has 0 aliphatic rings. The van der Waals surface area contributed by atoms with Crippen molar-refractivity contribution >= 4 is 6.09 Å². The second-order valence-electron chi connectivity index (χ2n) is 7.32. The van der Waals surface area contributed by atoms with E-state index in [4.69, 9.17) is 4.74 Å². The normalized spacial score (nSPS) is 12.7. The van der Waals surface area contributed by atoms with E-state index in [-0.39, 0.29) is 6.09 Å². The van der Waals surface area contributed by atoms with Gasteiger partial charge in [-0.05, 0) is 51.6 Å². The molecule has 1 aromatic rings. The molecule has 136 valence electrons. The predicted molar refractivity (Wildman–Crippen MR) is 100 cm³/mol. The molecule has 1 atom stereocenters. The Hall–Kier alpha value is -1.55. The average molecular weight is 335 g/mol. The van der Waals surface area contributed by atoms with Gasteiger partial charge in [0.2, 0.25) is 0 Å². The average Bonchev–Trinajstić information content (AvgIpc) is 2.52. The van der Waals surface area contributed by atoms with Gasteiger partial charge >= 0.3 is 6.09 Å². The maximum Gasteiger partial charge on any atom is 0.410 e. The highest BCUT2D eigenvalue weighted by Crippen LogP contribution is 2.17. The molecule has 0 saturated heterocycles. The predicted octanol–water partition coefficient (Wildman–Crippen LogP) is 4.42. The van der Waals surface area contributed by atoms with E-state index in [2.05, 4.69) is 43.4 Å². The van der Waals surface area contributed by atoms with Gasteiger partial charge in [0.25, 0.3) is 0 Å². The molecule has 4 heteroatoms. The zero-order valence-electron chi connectivity index (χ0n) is 16.0. The van der Waals surface area contributed by atoms with Crippen molar-refractivity contribution in [3.05, 3.63) is 35.9 Å². The fraction of sp³-hybridized carbons (Fsp3) is 0.650. The summed E-state index contributed by atoms with van der Waals surface area (Å²) in [4.78, 5) is 14.0. The van der Waals surface area contributed by atoms with E-state index in [1.165, 1.54) is 5.56 Å². The van der Waals surface area contributed by atoms with E-state index < -0.39 is 5.60 Å². The van der Waals surface area contributed by atoms with Crippen LogP contribution >= 0.6 is 0 Å². The summed E-state index contributed by atoms with van der Waals surface area (Å²) in [6.07, 6.45) is 1.80. The van der Waals surface area contributed by atoms with Crippen molar-refractivity contribution in [2.75, 3.05) is 26.2 Å². The van der Waals surface area contributed by atoms with Gasteiger partial charge in [0, 0.05) is 19.6 Å². The number of nitrogens with one attached hydrogen (secondary N) is 1. The molecule has 0 aliphatic carbocycles. The minimum atomic E-state index is -0.443. The van der Waals surface area contributed by atoms with E-state index in [9.17, 15) is 4.79 Å². The van der Waals surface area contributed by atoms with Crippen LogP contribution in [0, 0.1) is 0 Å². The molecule has 0 aromatic heterocycles. The van der Waals surface area contributed by atoms with E-state index in [1.54, 1.807) is 4.90 Å². The number of carbonyl (C=O) groups is 1. The van der Waals surface area contributed by atoms with Gasteiger partial charge in [-0.3, -0.25) is 0 Å². The highest BCUT2D eigenvalue weighted by Gasteiger charge is 2.21. The number of hydrogen-bond donors (Lipinski definition) is 1. The molecule has 0 spiro atoms. The minimum absolute atomic E-state index is 0.219. The van der Waals surface area contributed by atoms with Crippen LogP contribution in [-0.2, 0) is 4.74 Å². The van der Waals surface area contributed by atoms with Gasteiger partial charge in [-0.25, -0.2) is 4.79 Å². The Kier molecular flexibility index (Phi) is 8.83. The van der Waals surface area contributed by atoms with E-state index in [0.717, 1.165) is 32.5 Å². The summed E-state index contributed by atoms with van der Waals surface area (Å²) in [5.74, 6) is 0.538. The molecule has 1 N–H and O–H groups in total. The number of amides is 1. The third kappa shape index (κ3) is 8.34. The van der Waals surface area contributed by atoms with Crippen LogP contribution in [0.25, 0.3) is 0 Å². The lowest BCUT2D eigenvalue weighted by Crippen LogP contribution is -2.41. The van der Waals surface area contributed by atoms with Crippen molar-refractivity contribution in [3.8, 4) is 0 Å². The van der Waals surface area contributed by atoms with Crippen LogP contribution in [0.1, 0.15) is 58.9 Å². The summed E-state index contributed by atoms with van der Waals surface area (Å²) in [5, 5.41) is 3.44. The monoisotopic (exact) mass is 334 g/mol. The van der Waals surface area contributed by atoms with Crippen LogP contribution in [0.3, 0.4) is 0 Å². The lowest BCUT2D eigenvalue weighted by Gasteiger charge is -2.27. The first-order valence-electron chi connectivity index (χ1n) is 9.07. The number of nitrogens with zero attached hydrogens (tertiary/aromatic N) is 1. The van der Waals surface area contributed by atoms with Crippen molar-refractivity contribution in [1.29, 1.82) is 0 Å². The number of ether oxygens (including phenoxy) is 1. The second-order valence-corrected chi connectivity index (χ2v) is 7.32.